The number of aryl methyl sites for hydroxylation is 1. The highest BCUT2D eigenvalue weighted by Crippen LogP contribution is 2.44. The Balaban J connectivity index is 1.66. The number of rotatable bonds is 2. The summed E-state index contributed by atoms with van der Waals surface area (Å²) >= 11 is 0. The minimum absolute atomic E-state index is 0.0436. The third-order valence-corrected chi connectivity index (χ3v) is 7.31. The predicted molar refractivity (Wildman–Crippen MR) is 115 cm³/mol. The second kappa shape index (κ2) is 6.46. The Morgan fingerprint density at radius 2 is 2.09 bits per heavy atom. The van der Waals surface area contributed by atoms with Crippen LogP contribution in [-0.2, 0) is 34.7 Å². The molecule has 1 aromatic carbocycles. The zero-order chi connectivity index (χ0) is 22.4. The molecule has 8 heteroatoms. The maximum absolute atomic E-state index is 14.5. The Bertz CT molecular complexity index is 1410. The van der Waals surface area contributed by atoms with Gasteiger partial charge in [0.2, 0.25) is 0 Å². The molecular weight excluding hydrogens is 413 g/mol. The van der Waals surface area contributed by atoms with Gasteiger partial charge in [-0.1, -0.05) is 6.92 Å². The number of aromatic nitrogens is 2. The van der Waals surface area contributed by atoms with Gasteiger partial charge in [-0.25, -0.2) is 14.2 Å². The fourth-order valence-electron chi connectivity index (χ4n) is 5.60. The number of pyridine rings is 2. The molecular formula is C24H22FN3O4. The van der Waals surface area contributed by atoms with E-state index in [1.165, 1.54) is 6.07 Å². The number of nitrogens with zero attached hydrogens (tertiary/aromatic N) is 2. The number of benzene rings is 1. The number of esters is 1. The molecule has 4 heterocycles. The van der Waals surface area contributed by atoms with Crippen LogP contribution < -0.4 is 10.9 Å². The van der Waals surface area contributed by atoms with E-state index < -0.39 is 11.6 Å². The normalized spacial score (nSPS) is 23.0. The molecule has 0 bridgehead atoms. The standard InChI is InChI=1S/C24H22FN3O4/c1-3-24(31)16-8-19-21-14(9-28(19)22(29)15(16)10-32-23(24)30)12-4-5-17(26-2)13-6-11(25)7-18(27-21)20(12)13/h6-8,17,26,31H,3-5,9-10H2,1-2H3/t17?,24-/m0/s1. The molecule has 0 fully saturated rings. The van der Waals surface area contributed by atoms with Crippen LogP contribution in [0.4, 0.5) is 4.39 Å². The number of halogens is 1. The molecule has 0 amide bonds. The summed E-state index contributed by atoms with van der Waals surface area (Å²) in [7, 11) is 1.87. The van der Waals surface area contributed by atoms with Gasteiger partial charge in [0, 0.05) is 28.6 Å². The fraction of sp³-hybridized carbons (Fsp3) is 0.375. The van der Waals surface area contributed by atoms with E-state index >= 15 is 0 Å². The van der Waals surface area contributed by atoms with Crippen LogP contribution in [0.1, 0.15) is 53.6 Å². The van der Waals surface area contributed by atoms with Crippen LogP contribution in [0.2, 0.25) is 0 Å². The van der Waals surface area contributed by atoms with Crippen molar-refractivity contribution in [3.05, 3.63) is 62.2 Å². The van der Waals surface area contributed by atoms with Crippen LogP contribution in [0.5, 0.6) is 0 Å². The first-order valence-corrected chi connectivity index (χ1v) is 10.9. The van der Waals surface area contributed by atoms with E-state index in [0.29, 0.717) is 29.0 Å². The van der Waals surface area contributed by atoms with Crippen molar-refractivity contribution >= 4 is 16.9 Å². The van der Waals surface area contributed by atoms with E-state index in [1.807, 2.05) is 7.05 Å². The van der Waals surface area contributed by atoms with Crippen molar-refractivity contribution in [3.63, 3.8) is 0 Å². The molecule has 3 aromatic rings. The molecule has 7 nitrogen and oxygen atoms in total. The molecule has 6 rings (SSSR count). The lowest BCUT2D eigenvalue weighted by Gasteiger charge is -2.31. The quantitative estimate of drug-likeness (QED) is 0.470. The average Bonchev–Trinajstić information content (AvgIpc) is 3.15. The molecule has 1 unspecified atom stereocenters. The van der Waals surface area contributed by atoms with Crippen LogP contribution in [0, 0.1) is 5.82 Å². The lowest BCUT2D eigenvalue weighted by atomic mass is 9.83. The number of fused-ring (bicyclic) bond motifs is 5. The minimum Gasteiger partial charge on any atom is -0.458 e. The lowest BCUT2D eigenvalue weighted by molar-refractivity contribution is -0.172. The fourth-order valence-corrected chi connectivity index (χ4v) is 5.60. The number of hydrogen-bond acceptors (Lipinski definition) is 6. The number of ether oxygens (including phenoxy) is 1. The predicted octanol–water partition coefficient (Wildman–Crippen LogP) is 2.43. The first-order valence-electron chi connectivity index (χ1n) is 10.9. The summed E-state index contributed by atoms with van der Waals surface area (Å²) in [5, 5.41) is 15.2. The van der Waals surface area contributed by atoms with Crippen molar-refractivity contribution in [1.29, 1.82) is 0 Å². The van der Waals surface area contributed by atoms with Crippen molar-refractivity contribution in [2.45, 2.75) is 51.0 Å². The van der Waals surface area contributed by atoms with E-state index in [9.17, 15) is 19.1 Å². The van der Waals surface area contributed by atoms with Crippen molar-refractivity contribution in [2.24, 2.45) is 0 Å². The van der Waals surface area contributed by atoms with Crippen LogP contribution in [0.3, 0.4) is 0 Å². The van der Waals surface area contributed by atoms with Gasteiger partial charge < -0.3 is 19.7 Å². The maximum atomic E-state index is 14.5. The molecule has 2 aromatic heterocycles. The molecule has 32 heavy (non-hydrogen) atoms. The second-order valence-corrected chi connectivity index (χ2v) is 8.79. The lowest BCUT2D eigenvalue weighted by Crippen LogP contribution is -2.44. The Morgan fingerprint density at radius 1 is 1.28 bits per heavy atom. The Labute approximate surface area is 182 Å². The molecule has 0 radical (unpaired) electrons. The largest absolute Gasteiger partial charge is 0.458 e. The zero-order valence-electron chi connectivity index (χ0n) is 17.8. The number of hydrogen-bond donors (Lipinski definition) is 2. The minimum atomic E-state index is -1.87. The van der Waals surface area contributed by atoms with E-state index in [2.05, 4.69) is 5.32 Å². The average molecular weight is 435 g/mol. The molecule has 164 valence electrons. The van der Waals surface area contributed by atoms with E-state index in [0.717, 1.165) is 34.9 Å². The second-order valence-electron chi connectivity index (χ2n) is 8.79. The number of cyclic esters (lactones) is 1. The van der Waals surface area contributed by atoms with Crippen molar-refractivity contribution in [1.82, 2.24) is 14.9 Å². The molecule has 1 aliphatic carbocycles. The van der Waals surface area contributed by atoms with Gasteiger partial charge in [-0.05, 0) is 49.6 Å². The summed E-state index contributed by atoms with van der Waals surface area (Å²) in [6, 6.07) is 4.73. The summed E-state index contributed by atoms with van der Waals surface area (Å²) in [5.41, 5.74) is 3.07. The highest BCUT2D eigenvalue weighted by Gasteiger charge is 2.45. The highest BCUT2D eigenvalue weighted by molar-refractivity contribution is 5.92. The van der Waals surface area contributed by atoms with Gasteiger partial charge in [-0.2, -0.15) is 0 Å². The smallest absolute Gasteiger partial charge is 0.343 e. The maximum Gasteiger partial charge on any atom is 0.343 e. The molecule has 0 spiro atoms. The monoisotopic (exact) mass is 435 g/mol. The summed E-state index contributed by atoms with van der Waals surface area (Å²) in [4.78, 5) is 30.5. The van der Waals surface area contributed by atoms with Gasteiger partial charge in [-0.3, -0.25) is 4.79 Å². The van der Waals surface area contributed by atoms with Gasteiger partial charge in [0.05, 0.1) is 29.0 Å². The molecule has 0 saturated carbocycles. The van der Waals surface area contributed by atoms with Crippen molar-refractivity contribution < 1.29 is 19.0 Å². The molecule has 0 saturated heterocycles. The SMILES string of the molecule is CC[C@@]1(O)C(=O)OCc2c1cc1n(c2=O)Cc2c-1nc1cc(F)cc3c1c2CCC3NC. The van der Waals surface area contributed by atoms with Crippen LogP contribution in [0.15, 0.2) is 23.0 Å². The van der Waals surface area contributed by atoms with Gasteiger partial charge in [0.25, 0.3) is 5.56 Å². The number of nitrogens with one attached hydrogen (secondary N) is 1. The van der Waals surface area contributed by atoms with E-state index in [-0.39, 0.29) is 36.0 Å². The summed E-state index contributed by atoms with van der Waals surface area (Å²) < 4.78 is 21.2. The Kier molecular flexibility index (Phi) is 3.95. The molecule has 2 atom stereocenters. The molecule has 3 aliphatic rings. The van der Waals surface area contributed by atoms with Crippen molar-refractivity contribution in [3.8, 4) is 11.4 Å². The Hall–Kier alpha value is -3.10. The highest BCUT2D eigenvalue weighted by atomic mass is 19.1. The third-order valence-electron chi connectivity index (χ3n) is 7.31. The first kappa shape index (κ1) is 19.6. The Morgan fingerprint density at radius 3 is 2.84 bits per heavy atom. The molecule has 2 N–H and O–H groups in total. The first-order chi connectivity index (χ1) is 15.4. The number of aliphatic hydroxyl groups is 1. The summed E-state index contributed by atoms with van der Waals surface area (Å²) in [6.45, 7) is 1.87. The summed E-state index contributed by atoms with van der Waals surface area (Å²) in [5.74, 6) is -1.10. The third kappa shape index (κ3) is 2.34. The number of carbonyl (C=O) groups is 1. The zero-order valence-corrected chi connectivity index (χ0v) is 17.8. The topological polar surface area (TPSA) is 93.5 Å². The van der Waals surface area contributed by atoms with Crippen molar-refractivity contribution in [2.75, 3.05) is 7.05 Å². The van der Waals surface area contributed by atoms with Gasteiger partial charge in [-0.15, -0.1) is 0 Å². The van der Waals surface area contributed by atoms with Crippen LogP contribution in [-0.4, -0.2) is 27.7 Å². The van der Waals surface area contributed by atoms with E-state index in [1.54, 1.807) is 23.6 Å². The summed E-state index contributed by atoms with van der Waals surface area (Å²) in [6.07, 6.45) is 1.69. The molecule has 2 aliphatic heterocycles. The van der Waals surface area contributed by atoms with E-state index in [4.69, 9.17) is 9.72 Å². The van der Waals surface area contributed by atoms with Gasteiger partial charge >= 0.3 is 5.97 Å². The van der Waals surface area contributed by atoms with Crippen LogP contribution >= 0.6 is 0 Å². The van der Waals surface area contributed by atoms with Crippen LogP contribution in [0.25, 0.3) is 22.3 Å². The van der Waals surface area contributed by atoms with Gasteiger partial charge in [0.15, 0.2) is 5.60 Å². The van der Waals surface area contributed by atoms with Gasteiger partial charge in [0.1, 0.15) is 12.4 Å². The number of carbonyl (C=O) groups excluding carboxylic acids is 1.